The highest BCUT2D eigenvalue weighted by Gasteiger charge is 2.08. The van der Waals surface area contributed by atoms with E-state index < -0.39 is 0 Å². The van der Waals surface area contributed by atoms with Crippen LogP contribution in [-0.2, 0) is 6.61 Å². The minimum atomic E-state index is -0.324. The van der Waals surface area contributed by atoms with E-state index in [2.05, 4.69) is 0 Å². The van der Waals surface area contributed by atoms with Crippen LogP contribution >= 0.6 is 0 Å². The number of phenols is 2. The first-order chi connectivity index (χ1) is 5.69. The molecule has 0 aliphatic carbocycles. The quantitative estimate of drug-likeness (QED) is 0.607. The summed E-state index contributed by atoms with van der Waals surface area (Å²) in [5.74, 6) is 0.00546. The molecule has 0 spiro atoms. The maximum absolute atomic E-state index is 9.20. The van der Waals surface area contributed by atoms with Crippen molar-refractivity contribution in [2.24, 2.45) is 0 Å². The second kappa shape index (κ2) is 3.32. The highest BCUT2D eigenvalue weighted by Crippen LogP contribution is 2.32. The largest absolute Gasteiger partial charge is 0.508 e. The molecule has 0 bridgehead atoms. The summed E-state index contributed by atoms with van der Waals surface area (Å²) in [6, 6.07) is 2.47. The van der Waals surface area contributed by atoms with Crippen molar-refractivity contribution in [1.82, 2.24) is 0 Å². The summed E-state index contributed by atoms with van der Waals surface area (Å²) in [6.45, 7) is -0.324. The molecule has 0 saturated heterocycles. The van der Waals surface area contributed by atoms with Crippen molar-refractivity contribution < 1.29 is 20.1 Å². The van der Waals surface area contributed by atoms with E-state index in [0.717, 1.165) is 6.07 Å². The van der Waals surface area contributed by atoms with Crippen LogP contribution in [0.1, 0.15) is 5.56 Å². The number of aliphatic hydroxyl groups is 1. The van der Waals surface area contributed by atoms with Gasteiger partial charge in [0.15, 0.2) is 0 Å². The molecule has 1 aromatic rings. The average molecular weight is 170 g/mol. The molecule has 4 nitrogen and oxygen atoms in total. The van der Waals surface area contributed by atoms with Crippen LogP contribution in [0.25, 0.3) is 0 Å². The van der Waals surface area contributed by atoms with Crippen LogP contribution in [0.2, 0.25) is 0 Å². The van der Waals surface area contributed by atoms with Gasteiger partial charge in [-0.05, 0) is 0 Å². The normalized spacial score (nSPS) is 9.83. The van der Waals surface area contributed by atoms with Crippen molar-refractivity contribution >= 4 is 0 Å². The average Bonchev–Trinajstić information content (AvgIpc) is 2.03. The standard InChI is InChI=1S/C8H10O4/c1-12-8-3-5(10)2-7(11)6(8)4-9/h2-3,9-11H,4H2,1H3. The van der Waals surface area contributed by atoms with Crippen LogP contribution in [0.3, 0.4) is 0 Å². The summed E-state index contributed by atoms with van der Waals surface area (Å²) in [5, 5.41) is 27.0. The number of hydrogen-bond donors (Lipinski definition) is 3. The maximum atomic E-state index is 9.20. The summed E-state index contributed by atoms with van der Waals surface area (Å²) in [6.07, 6.45) is 0. The molecule has 4 heteroatoms. The molecule has 0 aliphatic heterocycles. The van der Waals surface area contributed by atoms with Gasteiger partial charge in [0.2, 0.25) is 0 Å². The molecule has 1 rings (SSSR count). The highest BCUT2D eigenvalue weighted by atomic mass is 16.5. The fourth-order valence-corrected chi connectivity index (χ4v) is 0.958. The molecule has 3 N–H and O–H groups in total. The van der Waals surface area contributed by atoms with Gasteiger partial charge in [-0.3, -0.25) is 0 Å². The first-order valence-electron chi connectivity index (χ1n) is 3.38. The number of aliphatic hydroxyl groups excluding tert-OH is 1. The van der Waals surface area contributed by atoms with Crippen LogP contribution in [0.5, 0.6) is 17.2 Å². The Morgan fingerprint density at radius 1 is 1.33 bits per heavy atom. The molecule has 66 valence electrons. The number of hydrogen-bond acceptors (Lipinski definition) is 4. The van der Waals surface area contributed by atoms with E-state index >= 15 is 0 Å². The monoisotopic (exact) mass is 170 g/mol. The molecule has 12 heavy (non-hydrogen) atoms. The first-order valence-corrected chi connectivity index (χ1v) is 3.38. The molecule has 0 fully saturated rings. The van der Waals surface area contributed by atoms with E-state index in [4.69, 9.17) is 14.9 Å². The maximum Gasteiger partial charge on any atom is 0.131 e. The summed E-state index contributed by atoms with van der Waals surface area (Å²) in [5.41, 5.74) is 0.273. The van der Waals surface area contributed by atoms with E-state index in [1.807, 2.05) is 0 Å². The fraction of sp³-hybridized carbons (Fsp3) is 0.250. The molecule has 0 atom stereocenters. The minimum absolute atomic E-state index is 0.0958. The molecule has 0 saturated carbocycles. The van der Waals surface area contributed by atoms with Crippen molar-refractivity contribution in [3.05, 3.63) is 17.7 Å². The van der Waals surface area contributed by atoms with Crippen molar-refractivity contribution in [3.63, 3.8) is 0 Å². The molecule has 0 radical (unpaired) electrons. The molecule has 1 aromatic carbocycles. The number of phenolic OH excluding ortho intramolecular Hbond substituents is 1. The Hall–Kier alpha value is -1.42. The second-order valence-electron chi connectivity index (χ2n) is 2.30. The third-order valence-electron chi connectivity index (χ3n) is 1.55. The lowest BCUT2D eigenvalue weighted by Gasteiger charge is -2.08. The lowest BCUT2D eigenvalue weighted by atomic mass is 10.2. The predicted molar refractivity (Wildman–Crippen MR) is 42.2 cm³/mol. The number of rotatable bonds is 2. The van der Waals surface area contributed by atoms with Gasteiger partial charge in [0.05, 0.1) is 19.3 Å². The van der Waals surface area contributed by atoms with Crippen LogP contribution in [0.4, 0.5) is 0 Å². The minimum Gasteiger partial charge on any atom is -0.508 e. The molecule has 0 aromatic heterocycles. The number of aromatic hydroxyl groups is 2. The number of benzene rings is 1. The van der Waals surface area contributed by atoms with Gasteiger partial charge in [0.25, 0.3) is 0 Å². The van der Waals surface area contributed by atoms with Gasteiger partial charge in [-0.15, -0.1) is 0 Å². The zero-order chi connectivity index (χ0) is 9.14. The Kier molecular flexibility index (Phi) is 2.40. The third-order valence-corrected chi connectivity index (χ3v) is 1.55. The topological polar surface area (TPSA) is 69.9 Å². The molecular formula is C8H10O4. The van der Waals surface area contributed by atoms with Crippen molar-refractivity contribution in [1.29, 1.82) is 0 Å². The van der Waals surface area contributed by atoms with Gasteiger partial charge < -0.3 is 20.1 Å². The van der Waals surface area contributed by atoms with Crippen molar-refractivity contribution in [2.75, 3.05) is 7.11 Å². The van der Waals surface area contributed by atoms with E-state index in [-0.39, 0.29) is 29.4 Å². The van der Waals surface area contributed by atoms with Gasteiger partial charge in [-0.25, -0.2) is 0 Å². The van der Waals surface area contributed by atoms with Gasteiger partial charge >= 0.3 is 0 Å². The summed E-state index contributed by atoms with van der Waals surface area (Å²) >= 11 is 0. The number of ether oxygens (including phenoxy) is 1. The van der Waals surface area contributed by atoms with Gasteiger partial charge in [-0.2, -0.15) is 0 Å². The molecule has 0 heterocycles. The predicted octanol–water partition coefficient (Wildman–Crippen LogP) is 0.599. The summed E-state index contributed by atoms with van der Waals surface area (Å²) < 4.78 is 4.82. The Balaban J connectivity index is 3.24. The van der Waals surface area contributed by atoms with Gasteiger partial charge in [0.1, 0.15) is 17.2 Å². The van der Waals surface area contributed by atoms with E-state index in [0.29, 0.717) is 0 Å². The fourth-order valence-electron chi connectivity index (χ4n) is 0.958. The Bertz CT molecular complexity index is 283. The lowest BCUT2D eigenvalue weighted by molar-refractivity contribution is 0.266. The van der Waals surface area contributed by atoms with Crippen LogP contribution in [0.15, 0.2) is 12.1 Å². The zero-order valence-corrected chi connectivity index (χ0v) is 6.61. The van der Waals surface area contributed by atoms with Crippen LogP contribution in [-0.4, -0.2) is 22.4 Å². The molecule has 0 unspecified atom stereocenters. The Morgan fingerprint density at radius 2 is 2.00 bits per heavy atom. The van der Waals surface area contributed by atoms with Crippen LogP contribution in [0, 0.1) is 0 Å². The highest BCUT2D eigenvalue weighted by molar-refractivity contribution is 5.48. The smallest absolute Gasteiger partial charge is 0.131 e. The SMILES string of the molecule is COc1cc(O)cc(O)c1CO. The third kappa shape index (κ3) is 1.43. The van der Waals surface area contributed by atoms with Crippen molar-refractivity contribution in [3.8, 4) is 17.2 Å². The lowest BCUT2D eigenvalue weighted by Crippen LogP contribution is -1.91. The summed E-state index contributed by atoms with van der Waals surface area (Å²) in [4.78, 5) is 0. The van der Waals surface area contributed by atoms with Gasteiger partial charge in [-0.1, -0.05) is 0 Å². The summed E-state index contributed by atoms with van der Waals surface area (Å²) in [7, 11) is 1.40. The van der Waals surface area contributed by atoms with Crippen LogP contribution < -0.4 is 4.74 Å². The van der Waals surface area contributed by atoms with E-state index in [1.54, 1.807) is 0 Å². The Morgan fingerprint density at radius 3 is 2.50 bits per heavy atom. The molecular weight excluding hydrogens is 160 g/mol. The second-order valence-corrected chi connectivity index (χ2v) is 2.30. The zero-order valence-electron chi connectivity index (χ0n) is 6.61. The van der Waals surface area contributed by atoms with Crippen molar-refractivity contribution in [2.45, 2.75) is 6.61 Å². The number of methoxy groups -OCH3 is 1. The van der Waals surface area contributed by atoms with E-state index in [9.17, 15) is 5.11 Å². The molecule has 0 aliphatic rings. The van der Waals surface area contributed by atoms with Gasteiger partial charge in [0, 0.05) is 12.1 Å². The Labute approximate surface area is 69.7 Å². The van der Waals surface area contributed by atoms with E-state index in [1.165, 1.54) is 13.2 Å². The molecule has 0 amide bonds. The first kappa shape index (κ1) is 8.67.